The van der Waals surface area contributed by atoms with Gasteiger partial charge in [0.15, 0.2) is 0 Å². The fourth-order valence-corrected chi connectivity index (χ4v) is 8.51. The van der Waals surface area contributed by atoms with Crippen molar-refractivity contribution in [2.24, 2.45) is 0 Å². The molecule has 368 valence electrons. The van der Waals surface area contributed by atoms with E-state index in [-0.39, 0.29) is 13.0 Å². The number of esters is 1. The Hall–Kier alpha value is -1.70. The van der Waals surface area contributed by atoms with Gasteiger partial charge in [-0.2, -0.15) is 0 Å². The molecule has 0 aromatic heterocycles. The molecule has 0 bridgehead atoms. The van der Waals surface area contributed by atoms with Gasteiger partial charge in [-0.15, -0.1) is 0 Å². The maximum atomic E-state index is 12.8. The first-order chi connectivity index (χ1) is 30.5. The molecule has 13 heteroatoms. The second-order valence-electron chi connectivity index (χ2n) is 17.3. The van der Waals surface area contributed by atoms with Crippen LogP contribution in [0.5, 0.6) is 0 Å². The minimum atomic E-state index is -5.03. The molecule has 1 aliphatic carbocycles. The highest BCUT2D eigenvalue weighted by molar-refractivity contribution is 7.47. The van der Waals surface area contributed by atoms with Gasteiger partial charge in [-0.3, -0.25) is 13.8 Å². The molecule has 1 rings (SSSR count). The second kappa shape index (κ2) is 40.6. The average molecular weight is 915 g/mol. The standard InChI is InChI=1S/C50H91O12P/c1-3-5-7-9-11-13-15-17-19-20-21-22-23-24-25-26-27-29-31-33-35-37-39-44(51)61-43(41-59-40-38-36-34-32-30-28-18-16-14-12-10-8-6-4-2)42-60-63(57,58)62-50-48(55)46(53)45(52)47(54)49(50)56/h6,8,12,14,18,28,32,34,43,45-50,52-56H,3-5,7,9-11,13,15-17,19-27,29-31,33,35-42H2,1-2H3,(H,57,58)/b8-6-,14-12-,28-18-,34-32-. The Morgan fingerprint density at radius 3 is 1.37 bits per heavy atom. The van der Waals surface area contributed by atoms with Crippen molar-refractivity contribution in [2.75, 3.05) is 19.8 Å². The molecule has 1 aliphatic rings. The molecular formula is C50H91O12P. The van der Waals surface area contributed by atoms with Gasteiger partial charge in [0.1, 0.15) is 42.7 Å². The Morgan fingerprint density at radius 1 is 0.524 bits per heavy atom. The third-order valence-electron chi connectivity index (χ3n) is 11.5. The number of rotatable bonds is 42. The zero-order chi connectivity index (χ0) is 46.2. The summed E-state index contributed by atoms with van der Waals surface area (Å²) in [6, 6.07) is 0. The first kappa shape index (κ1) is 59.3. The lowest BCUT2D eigenvalue weighted by atomic mass is 9.85. The number of carbonyl (C=O) groups excluding carboxylic acids is 1. The van der Waals surface area contributed by atoms with E-state index in [0.29, 0.717) is 19.4 Å². The number of ether oxygens (including phenoxy) is 2. The number of phosphoric ester groups is 1. The molecule has 0 aliphatic heterocycles. The lowest BCUT2D eigenvalue weighted by Crippen LogP contribution is -2.64. The van der Waals surface area contributed by atoms with Gasteiger partial charge >= 0.3 is 13.8 Å². The first-order valence-corrected chi connectivity index (χ1v) is 26.5. The number of aliphatic hydroxyl groups is 5. The molecule has 0 saturated heterocycles. The molecule has 0 radical (unpaired) electrons. The van der Waals surface area contributed by atoms with Gasteiger partial charge in [0.2, 0.25) is 0 Å². The largest absolute Gasteiger partial charge is 0.472 e. The molecule has 0 spiro atoms. The molecule has 12 nitrogen and oxygen atoms in total. The summed E-state index contributed by atoms with van der Waals surface area (Å²) in [5.41, 5.74) is 0. The van der Waals surface area contributed by atoms with E-state index in [9.17, 15) is 39.8 Å². The van der Waals surface area contributed by atoms with Crippen LogP contribution in [0.15, 0.2) is 48.6 Å². The molecule has 1 fully saturated rings. The molecule has 0 aromatic carbocycles. The van der Waals surface area contributed by atoms with Crippen LogP contribution in [0.4, 0.5) is 0 Å². The van der Waals surface area contributed by atoms with E-state index in [1.807, 2.05) is 0 Å². The predicted molar refractivity (Wildman–Crippen MR) is 253 cm³/mol. The molecule has 6 unspecified atom stereocenters. The van der Waals surface area contributed by atoms with Crippen molar-refractivity contribution in [3.05, 3.63) is 48.6 Å². The highest BCUT2D eigenvalue weighted by Crippen LogP contribution is 2.47. The summed E-state index contributed by atoms with van der Waals surface area (Å²) in [5, 5.41) is 50.2. The Balaban J connectivity index is 2.34. The fourth-order valence-electron chi connectivity index (χ4n) is 7.54. The highest BCUT2D eigenvalue weighted by atomic mass is 31.2. The first-order valence-electron chi connectivity index (χ1n) is 25.0. The zero-order valence-electron chi connectivity index (χ0n) is 39.4. The van der Waals surface area contributed by atoms with Crippen LogP contribution in [0, 0.1) is 0 Å². The van der Waals surface area contributed by atoms with Gasteiger partial charge in [-0.25, -0.2) is 4.57 Å². The lowest BCUT2D eigenvalue weighted by molar-refractivity contribution is -0.220. The van der Waals surface area contributed by atoms with Crippen LogP contribution in [0.3, 0.4) is 0 Å². The van der Waals surface area contributed by atoms with Crippen molar-refractivity contribution in [1.82, 2.24) is 0 Å². The number of allylic oxidation sites excluding steroid dienone is 8. The topological polar surface area (TPSA) is 192 Å². The van der Waals surface area contributed by atoms with Crippen LogP contribution in [0.2, 0.25) is 0 Å². The Kier molecular flexibility index (Phi) is 38.2. The summed E-state index contributed by atoms with van der Waals surface area (Å²) in [6.45, 7) is 4.03. The number of phosphoric acid groups is 1. The number of hydrogen-bond acceptors (Lipinski definition) is 11. The van der Waals surface area contributed by atoms with E-state index < -0.39 is 63.1 Å². The van der Waals surface area contributed by atoms with E-state index in [1.165, 1.54) is 116 Å². The number of unbranched alkanes of at least 4 members (excludes halogenated alkanes) is 22. The van der Waals surface area contributed by atoms with Crippen LogP contribution in [0.25, 0.3) is 0 Å². The van der Waals surface area contributed by atoms with Crippen LogP contribution in [-0.4, -0.2) is 98.9 Å². The quantitative estimate of drug-likeness (QED) is 0.0147. The smallest absolute Gasteiger partial charge is 0.457 e. The summed E-state index contributed by atoms with van der Waals surface area (Å²) < 4.78 is 34.1. The minimum Gasteiger partial charge on any atom is -0.457 e. The summed E-state index contributed by atoms with van der Waals surface area (Å²) in [4.78, 5) is 23.2. The molecule has 1 saturated carbocycles. The van der Waals surface area contributed by atoms with Crippen LogP contribution >= 0.6 is 7.82 Å². The Morgan fingerprint density at radius 2 is 0.921 bits per heavy atom. The lowest BCUT2D eigenvalue weighted by Gasteiger charge is -2.41. The third kappa shape index (κ3) is 32.6. The Bertz CT molecular complexity index is 1230. The maximum Gasteiger partial charge on any atom is 0.472 e. The van der Waals surface area contributed by atoms with E-state index in [2.05, 4.69) is 62.5 Å². The number of aliphatic hydroxyl groups excluding tert-OH is 5. The molecule has 6 atom stereocenters. The fraction of sp³-hybridized carbons (Fsp3) is 0.820. The van der Waals surface area contributed by atoms with E-state index in [0.717, 1.165) is 51.4 Å². The van der Waals surface area contributed by atoms with Crippen LogP contribution in [-0.2, 0) is 27.9 Å². The van der Waals surface area contributed by atoms with Crippen molar-refractivity contribution < 1.29 is 58.3 Å². The third-order valence-corrected chi connectivity index (χ3v) is 12.5. The van der Waals surface area contributed by atoms with E-state index >= 15 is 0 Å². The summed E-state index contributed by atoms with van der Waals surface area (Å²) in [6.07, 6.45) is 37.7. The highest BCUT2D eigenvalue weighted by Gasteiger charge is 2.51. The normalized spacial score (nSPS) is 22.2. The summed E-state index contributed by atoms with van der Waals surface area (Å²) in [7, 11) is -5.03. The molecule has 0 heterocycles. The summed E-state index contributed by atoms with van der Waals surface area (Å²) in [5.74, 6) is -0.493. The average Bonchev–Trinajstić information content (AvgIpc) is 3.27. The van der Waals surface area contributed by atoms with Gasteiger partial charge < -0.3 is 39.9 Å². The monoisotopic (exact) mass is 915 g/mol. The van der Waals surface area contributed by atoms with Crippen LogP contribution < -0.4 is 0 Å². The molecule has 0 aromatic rings. The van der Waals surface area contributed by atoms with Crippen molar-refractivity contribution in [1.29, 1.82) is 0 Å². The molecular weight excluding hydrogens is 824 g/mol. The summed E-state index contributed by atoms with van der Waals surface area (Å²) >= 11 is 0. The van der Waals surface area contributed by atoms with Crippen molar-refractivity contribution in [2.45, 2.75) is 243 Å². The van der Waals surface area contributed by atoms with Crippen molar-refractivity contribution in [3.63, 3.8) is 0 Å². The zero-order valence-corrected chi connectivity index (χ0v) is 40.3. The van der Waals surface area contributed by atoms with Gasteiger partial charge in [0.25, 0.3) is 0 Å². The Labute approximate surface area is 382 Å². The predicted octanol–water partition coefficient (Wildman–Crippen LogP) is 10.8. The number of hydrogen-bond donors (Lipinski definition) is 6. The molecule has 0 amide bonds. The van der Waals surface area contributed by atoms with Gasteiger partial charge in [0, 0.05) is 13.0 Å². The van der Waals surface area contributed by atoms with Crippen molar-refractivity contribution >= 4 is 13.8 Å². The van der Waals surface area contributed by atoms with Crippen LogP contribution in [0.1, 0.15) is 200 Å². The SMILES string of the molecule is CC/C=C\C/C=C\C/C=C\C/C=C\CCCOCC(COP(=O)(O)OC1C(O)C(O)C(O)C(O)C1O)OC(=O)CCCCCCCCCCCCCCCCCCCCCCCC. The van der Waals surface area contributed by atoms with Crippen molar-refractivity contribution in [3.8, 4) is 0 Å². The van der Waals surface area contributed by atoms with E-state index in [1.54, 1.807) is 0 Å². The van der Waals surface area contributed by atoms with Gasteiger partial charge in [-0.1, -0.05) is 197 Å². The molecule has 6 N–H and O–H groups in total. The second-order valence-corrected chi connectivity index (χ2v) is 18.7. The van der Waals surface area contributed by atoms with Gasteiger partial charge in [0.05, 0.1) is 13.2 Å². The van der Waals surface area contributed by atoms with Gasteiger partial charge in [-0.05, 0) is 44.9 Å². The number of carbonyl (C=O) groups is 1. The van der Waals surface area contributed by atoms with E-state index in [4.69, 9.17) is 18.5 Å². The maximum absolute atomic E-state index is 12.8. The minimum absolute atomic E-state index is 0.113. The molecule has 63 heavy (non-hydrogen) atoms.